The van der Waals surface area contributed by atoms with Crippen LogP contribution in [0.3, 0.4) is 0 Å². The first-order valence-corrected chi connectivity index (χ1v) is 6.63. The number of pyridine rings is 1. The number of rotatable bonds is 4. The van der Waals surface area contributed by atoms with E-state index in [9.17, 15) is 0 Å². The maximum Gasteiger partial charge on any atom is 0.104 e. The molecule has 1 heterocycles. The van der Waals surface area contributed by atoms with Gasteiger partial charge in [0.25, 0.3) is 0 Å². The SMILES string of the molecule is CC(Nc1ccc(C(N)=S)cc1Cl)c1ccccn1. The molecule has 3 N–H and O–H groups in total. The lowest BCUT2D eigenvalue weighted by Crippen LogP contribution is -2.11. The Hall–Kier alpha value is -1.65. The first kappa shape index (κ1) is 13.8. The predicted molar refractivity (Wildman–Crippen MR) is 83.6 cm³/mol. The van der Waals surface area contributed by atoms with E-state index in [0.29, 0.717) is 10.0 Å². The van der Waals surface area contributed by atoms with Crippen molar-refractivity contribution in [3.8, 4) is 0 Å². The van der Waals surface area contributed by atoms with Crippen LogP contribution in [-0.4, -0.2) is 9.97 Å². The van der Waals surface area contributed by atoms with E-state index in [1.165, 1.54) is 0 Å². The number of halogens is 1. The topological polar surface area (TPSA) is 50.9 Å². The lowest BCUT2D eigenvalue weighted by atomic mass is 10.1. The second-order valence-electron chi connectivity index (χ2n) is 4.18. The van der Waals surface area contributed by atoms with Crippen molar-refractivity contribution in [2.24, 2.45) is 5.73 Å². The minimum atomic E-state index is 0.0642. The minimum Gasteiger partial charge on any atom is -0.389 e. The van der Waals surface area contributed by atoms with E-state index in [1.807, 2.05) is 37.3 Å². The highest BCUT2D eigenvalue weighted by molar-refractivity contribution is 7.80. The molecule has 0 aliphatic rings. The van der Waals surface area contributed by atoms with Crippen molar-refractivity contribution in [2.45, 2.75) is 13.0 Å². The zero-order valence-electron chi connectivity index (χ0n) is 10.4. The smallest absolute Gasteiger partial charge is 0.104 e. The Balaban J connectivity index is 2.18. The van der Waals surface area contributed by atoms with Crippen LogP contribution in [0.25, 0.3) is 0 Å². The molecular weight excluding hydrogens is 278 g/mol. The van der Waals surface area contributed by atoms with Crippen LogP contribution in [0, 0.1) is 0 Å². The Morgan fingerprint density at radius 2 is 2.16 bits per heavy atom. The summed E-state index contributed by atoms with van der Waals surface area (Å²) in [6.45, 7) is 2.03. The fraction of sp³-hybridized carbons (Fsp3) is 0.143. The maximum atomic E-state index is 6.21. The van der Waals surface area contributed by atoms with Crippen molar-refractivity contribution in [1.29, 1.82) is 0 Å². The van der Waals surface area contributed by atoms with Crippen molar-refractivity contribution < 1.29 is 0 Å². The molecule has 2 rings (SSSR count). The number of benzene rings is 1. The number of nitrogens with zero attached hydrogens (tertiary/aromatic N) is 1. The molecule has 1 aromatic heterocycles. The van der Waals surface area contributed by atoms with Gasteiger partial charge in [0.1, 0.15) is 4.99 Å². The van der Waals surface area contributed by atoms with Crippen LogP contribution in [0.15, 0.2) is 42.6 Å². The van der Waals surface area contributed by atoms with E-state index < -0.39 is 0 Å². The van der Waals surface area contributed by atoms with Crippen LogP contribution in [0.4, 0.5) is 5.69 Å². The highest BCUT2D eigenvalue weighted by atomic mass is 35.5. The first-order valence-electron chi connectivity index (χ1n) is 5.84. The van der Waals surface area contributed by atoms with Crippen molar-refractivity contribution in [1.82, 2.24) is 4.98 Å². The zero-order valence-corrected chi connectivity index (χ0v) is 12.0. The van der Waals surface area contributed by atoms with Crippen LogP contribution in [0.5, 0.6) is 0 Å². The third kappa shape index (κ3) is 3.43. The number of aromatic nitrogens is 1. The molecular formula is C14H14ClN3S. The molecule has 0 amide bonds. The molecule has 0 saturated carbocycles. The van der Waals surface area contributed by atoms with Crippen molar-refractivity contribution >= 4 is 34.5 Å². The van der Waals surface area contributed by atoms with Crippen molar-refractivity contribution in [3.05, 3.63) is 58.9 Å². The lowest BCUT2D eigenvalue weighted by molar-refractivity contribution is 0.839. The summed E-state index contributed by atoms with van der Waals surface area (Å²) in [4.78, 5) is 4.64. The van der Waals surface area contributed by atoms with E-state index in [0.717, 1.165) is 16.9 Å². The largest absolute Gasteiger partial charge is 0.389 e. The third-order valence-electron chi connectivity index (χ3n) is 2.76. The van der Waals surface area contributed by atoms with Gasteiger partial charge >= 0.3 is 0 Å². The third-order valence-corrected chi connectivity index (χ3v) is 3.31. The maximum absolute atomic E-state index is 6.21. The number of anilines is 1. The molecule has 3 nitrogen and oxygen atoms in total. The Morgan fingerprint density at radius 1 is 1.37 bits per heavy atom. The molecule has 1 atom stereocenters. The average Bonchev–Trinajstić information content (AvgIpc) is 2.41. The molecule has 0 bridgehead atoms. The summed E-state index contributed by atoms with van der Waals surface area (Å²) >= 11 is 11.1. The highest BCUT2D eigenvalue weighted by Gasteiger charge is 2.09. The minimum absolute atomic E-state index is 0.0642. The molecule has 0 spiro atoms. The molecule has 5 heteroatoms. The van der Waals surface area contributed by atoms with Crippen LogP contribution < -0.4 is 11.1 Å². The summed E-state index contributed by atoms with van der Waals surface area (Å²) < 4.78 is 0. The quantitative estimate of drug-likeness (QED) is 0.846. The van der Waals surface area contributed by atoms with Gasteiger partial charge in [0, 0.05) is 11.8 Å². The van der Waals surface area contributed by atoms with Gasteiger partial charge in [0.05, 0.1) is 22.4 Å². The Labute approximate surface area is 122 Å². The predicted octanol–water partition coefficient (Wildman–Crippen LogP) is 3.54. The van der Waals surface area contributed by atoms with Gasteiger partial charge in [0.2, 0.25) is 0 Å². The molecule has 19 heavy (non-hydrogen) atoms. The number of hydrogen-bond acceptors (Lipinski definition) is 3. The van der Waals surface area contributed by atoms with Gasteiger partial charge in [0.15, 0.2) is 0 Å². The number of thiocarbonyl (C=S) groups is 1. The standard InChI is InChI=1S/C14H14ClN3S/c1-9(12-4-2-3-7-17-12)18-13-6-5-10(14(16)19)8-11(13)15/h2-9,18H,1H3,(H2,16,19). The number of nitrogens with two attached hydrogens (primary N) is 1. The van der Waals surface area contributed by atoms with Crippen LogP contribution in [0.2, 0.25) is 5.02 Å². The molecule has 0 radical (unpaired) electrons. The summed E-state index contributed by atoms with van der Waals surface area (Å²) in [5, 5.41) is 3.90. The summed E-state index contributed by atoms with van der Waals surface area (Å²) in [5.41, 5.74) is 8.12. The van der Waals surface area contributed by atoms with Crippen LogP contribution >= 0.6 is 23.8 Å². The molecule has 0 saturated heterocycles. The van der Waals surface area contributed by atoms with Gasteiger partial charge in [-0.2, -0.15) is 0 Å². The van der Waals surface area contributed by atoms with E-state index in [-0.39, 0.29) is 6.04 Å². The van der Waals surface area contributed by atoms with Crippen LogP contribution in [0.1, 0.15) is 24.2 Å². The molecule has 0 fully saturated rings. The fourth-order valence-corrected chi connectivity index (χ4v) is 2.09. The van der Waals surface area contributed by atoms with Gasteiger partial charge in [-0.1, -0.05) is 29.9 Å². The highest BCUT2D eigenvalue weighted by Crippen LogP contribution is 2.26. The molecule has 98 valence electrons. The Morgan fingerprint density at radius 3 is 2.74 bits per heavy atom. The second kappa shape index (κ2) is 5.99. The normalized spacial score (nSPS) is 11.9. The summed E-state index contributed by atoms with van der Waals surface area (Å²) in [7, 11) is 0. The van der Waals surface area contributed by atoms with Gasteiger partial charge in [-0.25, -0.2) is 0 Å². The number of nitrogens with one attached hydrogen (secondary N) is 1. The van der Waals surface area contributed by atoms with Crippen molar-refractivity contribution in [2.75, 3.05) is 5.32 Å². The second-order valence-corrected chi connectivity index (χ2v) is 5.03. The summed E-state index contributed by atoms with van der Waals surface area (Å²) in [6.07, 6.45) is 1.77. The average molecular weight is 292 g/mol. The number of hydrogen-bond donors (Lipinski definition) is 2. The van der Waals surface area contributed by atoms with Gasteiger partial charge in [-0.3, -0.25) is 4.98 Å². The zero-order chi connectivity index (χ0) is 13.8. The monoisotopic (exact) mass is 291 g/mol. The fourth-order valence-electron chi connectivity index (χ4n) is 1.72. The Bertz CT molecular complexity index is 586. The van der Waals surface area contributed by atoms with Gasteiger partial charge in [-0.05, 0) is 37.3 Å². The van der Waals surface area contributed by atoms with Gasteiger partial charge < -0.3 is 11.1 Å². The van der Waals surface area contributed by atoms with Crippen LogP contribution in [-0.2, 0) is 0 Å². The summed E-state index contributed by atoms with van der Waals surface area (Å²) in [6, 6.07) is 11.4. The molecule has 1 unspecified atom stereocenters. The molecule has 0 aliphatic carbocycles. The lowest BCUT2D eigenvalue weighted by Gasteiger charge is -2.16. The van der Waals surface area contributed by atoms with E-state index in [2.05, 4.69) is 10.3 Å². The van der Waals surface area contributed by atoms with Crippen molar-refractivity contribution in [3.63, 3.8) is 0 Å². The first-order chi connectivity index (χ1) is 9.08. The molecule has 2 aromatic rings. The van der Waals surface area contributed by atoms with Gasteiger partial charge in [-0.15, -0.1) is 0 Å². The molecule has 1 aromatic carbocycles. The molecule has 0 aliphatic heterocycles. The van der Waals surface area contributed by atoms with E-state index in [1.54, 1.807) is 12.3 Å². The summed E-state index contributed by atoms with van der Waals surface area (Å²) in [5.74, 6) is 0. The van der Waals surface area contributed by atoms with E-state index in [4.69, 9.17) is 29.6 Å². The van der Waals surface area contributed by atoms with E-state index >= 15 is 0 Å². The Kier molecular flexibility index (Phi) is 4.35.